The van der Waals surface area contributed by atoms with Gasteiger partial charge < -0.3 is 5.11 Å². The van der Waals surface area contributed by atoms with Crippen LogP contribution in [0.1, 0.15) is 44.1 Å². The summed E-state index contributed by atoms with van der Waals surface area (Å²) in [6.45, 7) is 0. The third-order valence-corrected chi connectivity index (χ3v) is 4.69. The fraction of sp³-hybridized carbons (Fsp3) is 0.600. The quantitative estimate of drug-likeness (QED) is 0.762. The largest absolute Gasteiger partial charge is 0.385 e. The number of benzene rings is 1. The summed E-state index contributed by atoms with van der Waals surface area (Å²) in [5, 5.41) is 11.0. The lowest BCUT2D eigenvalue weighted by molar-refractivity contribution is -0.0242. The van der Waals surface area contributed by atoms with Gasteiger partial charge >= 0.3 is 0 Å². The monoisotopic (exact) mass is 216 g/mol. The Morgan fingerprint density at radius 3 is 2.56 bits per heavy atom. The van der Waals surface area contributed by atoms with Gasteiger partial charge in [0.2, 0.25) is 0 Å². The van der Waals surface area contributed by atoms with Gasteiger partial charge in [-0.15, -0.1) is 0 Å². The molecule has 2 saturated carbocycles. The van der Waals surface area contributed by atoms with Gasteiger partial charge in [-0.3, -0.25) is 0 Å². The van der Waals surface area contributed by atoms with Gasteiger partial charge in [0.1, 0.15) is 0 Å². The highest BCUT2D eigenvalue weighted by molar-refractivity contribution is 5.25. The first-order valence-corrected chi connectivity index (χ1v) is 6.58. The maximum atomic E-state index is 11.0. The lowest BCUT2D eigenvalue weighted by Gasteiger charge is -2.36. The Balaban J connectivity index is 1.93. The average molecular weight is 216 g/mol. The van der Waals surface area contributed by atoms with Crippen molar-refractivity contribution in [3.8, 4) is 0 Å². The minimum absolute atomic E-state index is 0.517. The van der Waals surface area contributed by atoms with Crippen molar-refractivity contribution in [1.29, 1.82) is 0 Å². The number of aliphatic hydroxyl groups is 1. The SMILES string of the molecule is OC1(c2ccccc2)CCC2CCCCC21. The van der Waals surface area contributed by atoms with Gasteiger partial charge in [0.25, 0.3) is 0 Å². The smallest absolute Gasteiger partial charge is 0.0927 e. The molecule has 0 aliphatic heterocycles. The second kappa shape index (κ2) is 3.89. The zero-order valence-corrected chi connectivity index (χ0v) is 9.73. The molecule has 3 unspecified atom stereocenters. The van der Waals surface area contributed by atoms with Gasteiger partial charge in [0.15, 0.2) is 0 Å². The highest BCUT2D eigenvalue weighted by atomic mass is 16.3. The predicted octanol–water partition coefficient (Wildman–Crippen LogP) is 3.47. The van der Waals surface area contributed by atoms with Crippen LogP contribution in [0.3, 0.4) is 0 Å². The molecule has 0 spiro atoms. The summed E-state index contributed by atoms with van der Waals surface area (Å²) in [7, 11) is 0. The van der Waals surface area contributed by atoms with Gasteiger partial charge in [0.05, 0.1) is 5.60 Å². The molecule has 16 heavy (non-hydrogen) atoms. The number of rotatable bonds is 1. The van der Waals surface area contributed by atoms with Crippen LogP contribution in [-0.4, -0.2) is 5.11 Å². The molecule has 2 aliphatic rings. The van der Waals surface area contributed by atoms with E-state index < -0.39 is 5.60 Å². The summed E-state index contributed by atoms with van der Waals surface area (Å²) in [4.78, 5) is 0. The zero-order valence-electron chi connectivity index (χ0n) is 9.73. The molecule has 0 radical (unpaired) electrons. The summed E-state index contributed by atoms with van der Waals surface area (Å²) in [6, 6.07) is 10.3. The van der Waals surface area contributed by atoms with E-state index in [1.165, 1.54) is 32.1 Å². The molecular formula is C15H20O. The molecule has 0 saturated heterocycles. The van der Waals surface area contributed by atoms with Gasteiger partial charge in [-0.2, -0.15) is 0 Å². The van der Waals surface area contributed by atoms with E-state index in [1.807, 2.05) is 18.2 Å². The first-order chi connectivity index (χ1) is 7.81. The van der Waals surface area contributed by atoms with E-state index in [2.05, 4.69) is 12.1 Å². The molecule has 1 aromatic carbocycles. The third kappa shape index (κ3) is 1.49. The Morgan fingerprint density at radius 1 is 1.00 bits per heavy atom. The van der Waals surface area contributed by atoms with Crippen molar-refractivity contribution in [2.45, 2.75) is 44.1 Å². The molecular weight excluding hydrogens is 196 g/mol. The fourth-order valence-corrected chi connectivity index (χ4v) is 3.86. The second-order valence-corrected chi connectivity index (χ2v) is 5.48. The molecule has 3 rings (SSSR count). The van der Waals surface area contributed by atoms with E-state index in [0.29, 0.717) is 5.92 Å². The third-order valence-electron chi connectivity index (χ3n) is 4.69. The van der Waals surface area contributed by atoms with Crippen molar-refractivity contribution >= 4 is 0 Å². The molecule has 86 valence electrons. The number of hydrogen-bond donors (Lipinski definition) is 1. The van der Waals surface area contributed by atoms with Gasteiger partial charge in [-0.05, 0) is 36.7 Å². The normalized spacial score (nSPS) is 38.3. The van der Waals surface area contributed by atoms with E-state index in [1.54, 1.807) is 0 Å². The minimum Gasteiger partial charge on any atom is -0.385 e. The fourth-order valence-electron chi connectivity index (χ4n) is 3.86. The van der Waals surface area contributed by atoms with E-state index in [4.69, 9.17) is 0 Å². The van der Waals surface area contributed by atoms with Crippen molar-refractivity contribution in [2.75, 3.05) is 0 Å². The van der Waals surface area contributed by atoms with Crippen molar-refractivity contribution in [3.63, 3.8) is 0 Å². The molecule has 0 heterocycles. The van der Waals surface area contributed by atoms with Crippen molar-refractivity contribution < 1.29 is 5.11 Å². The average Bonchev–Trinajstić information content (AvgIpc) is 2.71. The number of hydrogen-bond acceptors (Lipinski definition) is 1. The van der Waals surface area contributed by atoms with Gasteiger partial charge in [-0.25, -0.2) is 0 Å². The van der Waals surface area contributed by atoms with E-state index >= 15 is 0 Å². The Bertz CT molecular complexity index is 359. The van der Waals surface area contributed by atoms with Crippen molar-refractivity contribution in [1.82, 2.24) is 0 Å². The van der Waals surface area contributed by atoms with Crippen LogP contribution in [0, 0.1) is 11.8 Å². The lowest BCUT2D eigenvalue weighted by atomic mass is 9.73. The van der Waals surface area contributed by atoms with Crippen LogP contribution in [0.25, 0.3) is 0 Å². The molecule has 1 aromatic rings. The Hall–Kier alpha value is -0.820. The summed E-state index contributed by atoms with van der Waals surface area (Å²) in [5.41, 5.74) is 0.621. The van der Waals surface area contributed by atoms with Crippen LogP contribution in [0.15, 0.2) is 30.3 Å². The molecule has 2 aliphatic carbocycles. The summed E-state index contributed by atoms with van der Waals surface area (Å²) < 4.78 is 0. The summed E-state index contributed by atoms with van der Waals surface area (Å²) in [6.07, 6.45) is 7.40. The lowest BCUT2D eigenvalue weighted by Crippen LogP contribution is -2.34. The molecule has 0 bridgehead atoms. The highest BCUT2D eigenvalue weighted by Crippen LogP contribution is 2.52. The van der Waals surface area contributed by atoms with E-state index in [9.17, 15) is 5.11 Å². The number of fused-ring (bicyclic) bond motifs is 1. The van der Waals surface area contributed by atoms with E-state index in [-0.39, 0.29) is 0 Å². The van der Waals surface area contributed by atoms with Gasteiger partial charge in [0, 0.05) is 0 Å². The molecule has 0 aromatic heterocycles. The molecule has 1 N–H and O–H groups in total. The molecule has 1 nitrogen and oxygen atoms in total. The highest BCUT2D eigenvalue weighted by Gasteiger charge is 2.48. The van der Waals surface area contributed by atoms with E-state index in [0.717, 1.165) is 17.9 Å². The first kappa shape index (κ1) is 10.3. The standard InChI is InChI=1S/C15H20O/c16-15(13-7-2-1-3-8-13)11-10-12-6-4-5-9-14(12)15/h1-3,7-8,12,14,16H,4-6,9-11H2. The van der Waals surface area contributed by atoms with Crippen LogP contribution in [0.2, 0.25) is 0 Å². The minimum atomic E-state index is -0.521. The maximum absolute atomic E-state index is 11.0. The van der Waals surface area contributed by atoms with Crippen LogP contribution in [0.4, 0.5) is 0 Å². The van der Waals surface area contributed by atoms with Crippen molar-refractivity contribution in [3.05, 3.63) is 35.9 Å². The maximum Gasteiger partial charge on any atom is 0.0927 e. The molecule has 0 amide bonds. The zero-order chi connectivity index (χ0) is 11.0. The van der Waals surface area contributed by atoms with Crippen molar-refractivity contribution in [2.24, 2.45) is 11.8 Å². The molecule has 2 fully saturated rings. The summed E-state index contributed by atoms with van der Waals surface area (Å²) in [5.74, 6) is 1.29. The molecule has 1 heteroatoms. The van der Waals surface area contributed by atoms with Crippen LogP contribution < -0.4 is 0 Å². The van der Waals surface area contributed by atoms with Crippen LogP contribution in [-0.2, 0) is 5.60 Å². The first-order valence-electron chi connectivity index (χ1n) is 6.58. The van der Waals surface area contributed by atoms with Crippen LogP contribution in [0.5, 0.6) is 0 Å². The molecule has 3 atom stereocenters. The second-order valence-electron chi connectivity index (χ2n) is 5.48. The topological polar surface area (TPSA) is 20.2 Å². The Kier molecular flexibility index (Phi) is 2.51. The predicted molar refractivity (Wildman–Crippen MR) is 65.0 cm³/mol. The van der Waals surface area contributed by atoms with Crippen LogP contribution >= 0.6 is 0 Å². The Labute approximate surface area is 97.5 Å². The van der Waals surface area contributed by atoms with Gasteiger partial charge in [-0.1, -0.05) is 49.6 Å². The summed E-state index contributed by atoms with van der Waals surface area (Å²) >= 11 is 0. The Morgan fingerprint density at radius 2 is 1.75 bits per heavy atom.